The molecule has 1 aliphatic carbocycles. The molecule has 0 saturated heterocycles. The molecule has 4 nitrogen and oxygen atoms in total. The smallest absolute Gasteiger partial charge is 0.416 e. The van der Waals surface area contributed by atoms with Crippen LogP contribution in [-0.2, 0) is 17.4 Å². The molecule has 0 aliphatic heterocycles. The third-order valence-corrected chi connectivity index (χ3v) is 5.19. The molecule has 3 rings (SSSR count). The molecule has 0 heterocycles. The molecule has 0 aromatic heterocycles. The fraction of sp³-hybridized carbons (Fsp3) is 0.292. The van der Waals surface area contributed by atoms with Crippen LogP contribution in [0.2, 0.25) is 0 Å². The molecule has 1 atom stereocenters. The van der Waals surface area contributed by atoms with E-state index in [1.54, 1.807) is 6.08 Å². The maximum absolute atomic E-state index is 13.2. The van der Waals surface area contributed by atoms with Crippen molar-refractivity contribution in [2.75, 3.05) is 11.4 Å². The van der Waals surface area contributed by atoms with E-state index >= 15 is 0 Å². The van der Waals surface area contributed by atoms with Crippen LogP contribution < -0.4 is 15.4 Å². The van der Waals surface area contributed by atoms with Crippen LogP contribution in [0.3, 0.4) is 0 Å². The molecule has 0 spiro atoms. The van der Waals surface area contributed by atoms with Crippen molar-refractivity contribution in [3.8, 4) is 5.75 Å². The van der Waals surface area contributed by atoms with E-state index in [0.29, 0.717) is 16.8 Å². The lowest BCUT2D eigenvalue weighted by molar-refractivity contribution is -0.137. The van der Waals surface area contributed by atoms with Crippen molar-refractivity contribution in [3.05, 3.63) is 83.5 Å². The highest BCUT2D eigenvalue weighted by Crippen LogP contribution is 2.29. The van der Waals surface area contributed by atoms with E-state index in [-0.39, 0.29) is 18.7 Å². The standard InChI is InChI=1S/C24H23F5N2O2/c25-23(26)33-20-12-10-19(11-13-20)31(22(32)21(30)17-4-2-1-3-5-17)15-14-16-6-8-18(9-7-16)24(27,28)29/h2,4-13,21,23H,1,3,14-15,30H2. The van der Waals surface area contributed by atoms with Crippen LogP contribution in [0, 0.1) is 0 Å². The van der Waals surface area contributed by atoms with Gasteiger partial charge in [0.05, 0.1) is 5.56 Å². The van der Waals surface area contributed by atoms with Gasteiger partial charge >= 0.3 is 12.8 Å². The van der Waals surface area contributed by atoms with Crippen molar-refractivity contribution >= 4 is 11.6 Å². The van der Waals surface area contributed by atoms with Gasteiger partial charge in [-0.25, -0.2) is 0 Å². The number of halogens is 5. The minimum absolute atomic E-state index is 0.0638. The van der Waals surface area contributed by atoms with Gasteiger partial charge in [-0.1, -0.05) is 30.4 Å². The molecule has 33 heavy (non-hydrogen) atoms. The summed E-state index contributed by atoms with van der Waals surface area (Å²) in [5, 5.41) is 0. The normalized spacial score (nSPS) is 14.7. The van der Waals surface area contributed by atoms with Crippen LogP contribution in [-0.4, -0.2) is 25.1 Å². The molecule has 0 bridgehead atoms. The highest BCUT2D eigenvalue weighted by molar-refractivity contribution is 5.99. The topological polar surface area (TPSA) is 55.6 Å². The van der Waals surface area contributed by atoms with Gasteiger partial charge in [-0.05, 0) is 66.8 Å². The van der Waals surface area contributed by atoms with Gasteiger partial charge in [0.2, 0.25) is 5.91 Å². The summed E-state index contributed by atoms with van der Waals surface area (Å²) >= 11 is 0. The number of nitrogens with two attached hydrogens (primary N) is 1. The first-order chi connectivity index (χ1) is 15.6. The molecule has 1 amide bonds. The van der Waals surface area contributed by atoms with Gasteiger partial charge in [0.15, 0.2) is 0 Å². The van der Waals surface area contributed by atoms with Crippen LogP contribution in [0.1, 0.15) is 24.0 Å². The number of ether oxygens (including phenoxy) is 1. The van der Waals surface area contributed by atoms with E-state index in [2.05, 4.69) is 4.74 Å². The van der Waals surface area contributed by atoms with Gasteiger partial charge in [0, 0.05) is 12.2 Å². The zero-order valence-electron chi connectivity index (χ0n) is 17.6. The molecule has 2 N–H and O–H groups in total. The van der Waals surface area contributed by atoms with E-state index in [0.717, 1.165) is 25.0 Å². The summed E-state index contributed by atoms with van der Waals surface area (Å²) in [7, 11) is 0. The van der Waals surface area contributed by atoms with E-state index in [9.17, 15) is 26.7 Å². The van der Waals surface area contributed by atoms with Crippen molar-refractivity contribution in [2.45, 2.75) is 38.1 Å². The Morgan fingerprint density at radius 1 is 1.03 bits per heavy atom. The SMILES string of the molecule is NC(C(=O)N(CCc1ccc(C(F)(F)F)cc1)c1ccc(OC(F)F)cc1)C1=CCCC=C1. The molecule has 1 aliphatic rings. The predicted octanol–water partition coefficient (Wildman–Crippen LogP) is 5.49. The van der Waals surface area contributed by atoms with Crippen molar-refractivity contribution in [3.63, 3.8) is 0 Å². The Morgan fingerprint density at radius 3 is 2.24 bits per heavy atom. The molecule has 176 valence electrons. The minimum atomic E-state index is -4.43. The first-order valence-electron chi connectivity index (χ1n) is 10.3. The number of carbonyl (C=O) groups excluding carboxylic acids is 1. The number of hydrogen-bond acceptors (Lipinski definition) is 3. The number of nitrogens with zero attached hydrogens (tertiary/aromatic N) is 1. The highest BCUT2D eigenvalue weighted by atomic mass is 19.4. The summed E-state index contributed by atoms with van der Waals surface area (Å²) < 4.78 is 67.6. The molecule has 2 aromatic rings. The monoisotopic (exact) mass is 466 g/mol. The van der Waals surface area contributed by atoms with Crippen molar-refractivity contribution in [1.29, 1.82) is 0 Å². The van der Waals surface area contributed by atoms with Gasteiger partial charge < -0.3 is 15.4 Å². The molecule has 9 heteroatoms. The molecular weight excluding hydrogens is 443 g/mol. The summed E-state index contributed by atoms with van der Waals surface area (Å²) in [6, 6.07) is 9.29. The number of rotatable bonds is 8. The Hall–Kier alpha value is -3.20. The number of anilines is 1. The summed E-state index contributed by atoms with van der Waals surface area (Å²) in [6.07, 6.45) is 3.05. The van der Waals surface area contributed by atoms with Gasteiger partial charge in [0.25, 0.3) is 0 Å². The summed E-state index contributed by atoms with van der Waals surface area (Å²) in [4.78, 5) is 14.6. The lowest BCUT2D eigenvalue weighted by Gasteiger charge is -2.27. The molecule has 2 aromatic carbocycles. The number of hydrogen-bond donors (Lipinski definition) is 1. The summed E-state index contributed by atoms with van der Waals surface area (Å²) in [5.74, 6) is -0.478. The number of allylic oxidation sites excluding steroid dienone is 2. The van der Waals surface area contributed by atoms with E-state index in [1.807, 2.05) is 12.2 Å². The van der Waals surface area contributed by atoms with Gasteiger partial charge in [-0.15, -0.1) is 0 Å². The Balaban J connectivity index is 1.81. The summed E-state index contributed by atoms with van der Waals surface area (Å²) in [6.45, 7) is -2.85. The second-order valence-electron chi connectivity index (χ2n) is 7.47. The Kier molecular flexibility index (Phi) is 7.86. The number of amides is 1. The van der Waals surface area contributed by atoms with Crippen LogP contribution in [0.4, 0.5) is 27.6 Å². The van der Waals surface area contributed by atoms with Crippen LogP contribution in [0.5, 0.6) is 5.75 Å². The second kappa shape index (κ2) is 10.6. The van der Waals surface area contributed by atoms with E-state index in [4.69, 9.17) is 5.73 Å². The van der Waals surface area contributed by atoms with Crippen LogP contribution >= 0.6 is 0 Å². The van der Waals surface area contributed by atoms with Crippen LogP contribution in [0.15, 0.2) is 72.3 Å². The van der Waals surface area contributed by atoms with Crippen molar-refractivity contribution < 1.29 is 31.5 Å². The molecule has 0 saturated carbocycles. The maximum atomic E-state index is 13.2. The van der Waals surface area contributed by atoms with Crippen molar-refractivity contribution in [2.24, 2.45) is 5.73 Å². The van der Waals surface area contributed by atoms with E-state index < -0.39 is 30.3 Å². The average molecular weight is 466 g/mol. The lowest BCUT2D eigenvalue weighted by Crippen LogP contribution is -2.45. The number of carbonyl (C=O) groups is 1. The quantitative estimate of drug-likeness (QED) is 0.524. The Labute approximate surface area is 188 Å². The van der Waals surface area contributed by atoms with Crippen molar-refractivity contribution in [1.82, 2.24) is 0 Å². The molecule has 0 radical (unpaired) electrons. The minimum Gasteiger partial charge on any atom is -0.435 e. The molecule has 1 unspecified atom stereocenters. The fourth-order valence-corrected chi connectivity index (χ4v) is 3.45. The highest BCUT2D eigenvalue weighted by Gasteiger charge is 2.30. The zero-order chi connectivity index (χ0) is 24.0. The van der Waals surface area contributed by atoms with Crippen LogP contribution in [0.25, 0.3) is 0 Å². The van der Waals surface area contributed by atoms with E-state index in [1.165, 1.54) is 41.3 Å². The maximum Gasteiger partial charge on any atom is 0.416 e. The fourth-order valence-electron chi connectivity index (χ4n) is 3.45. The summed E-state index contributed by atoms with van der Waals surface area (Å²) in [5.41, 5.74) is 7.12. The molecule has 0 fully saturated rings. The first-order valence-corrected chi connectivity index (χ1v) is 10.3. The second-order valence-corrected chi connectivity index (χ2v) is 7.47. The van der Waals surface area contributed by atoms with Gasteiger partial charge in [-0.2, -0.15) is 22.0 Å². The molecular formula is C24H23F5N2O2. The van der Waals surface area contributed by atoms with Gasteiger partial charge in [-0.3, -0.25) is 4.79 Å². The Morgan fingerprint density at radius 2 is 1.70 bits per heavy atom. The number of benzene rings is 2. The number of alkyl halides is 5. The largest absolute Gasteiger partial charge is 0.435 e. The third-order valence-electron chi connectivity index (χ3n) is 5.19. The average Bonchev–Trinajstić information content (AvgIpc) is 2.79. The van der Waals surface area contributed by atoms with Gasteiger partial charge in [0.1, 0.15) is 11.8 Å². The third kappa shape index (κ3) is 6.64. The zero-order valence-corrected chi connectivity index (χ0v) is 17.6. The first kappa shape index (κ1) is 24.4. The Bertz CT molecular complexity index is 999. The lowest BCUT2D eigenvalue weighted by atomic mass is 9.99. The predicted molar refractivity (Wildman–Crippen MR) is 115 cm³/mol.